The molecule has 44 heavy (non-hydrogen) atoms. The SMILES string of the molecule is CSSCO[C@H]1C[C@H](BC#CCNC(=O)OCCCCOCSSC(C)(C)C)O[C@@H]1COP(=O)(O)OP(=O)(O)OP(=O)(O)O. The highest BCUT2D eigenvalue weighted by Gasteiger charge is 2.43. The van der Waals surface area contributed by atoms with E-state index < -0.39 is 54.4 Å². The van der Waals surface area contributed by atoms with E-state index in [4.69, 9.17) is 33.3 Å². The first-order chi connectivity index (χ1) is 20.4. The molecule has 5 atom stereocenters. The van der Waals surface area contributed by atoms with E-state index in [1.807, 2.05) is 6.26 Å². The van der Waals surface area contributed by atoms with Gasteiger partial charge in [-0.3, -0.25) is 4.52 Å². The molecule has 1 aliphatic heterocycles. The number of hydrogen-bond donors (Lipinski definition) is 5. The Bertz CT molecular complexity index is 1070. The number of nitrogens with one attached hydrogen (secondary N) is 1. The molecule has 1 heterocycles. The molecule has 1 saturated heterocycles. The summed E-state index contributed by atoms with van der Waals surface area (Å²) in [6.07, 6.45) is 1.50. The van der Waals surface area contributed by atoms with Crippen molar-refractivity contribution in [3.8, 4) is 11.7 Å². The van der Waals surface area contributed by atoms with Gasteiger partial charge in [0.2, 0.25) is 7.28 Å². The van der Waals surface area contributed by atoms with Gasteiger partial charge in [-0.05, 0) is 25.5 Å². The minimum Gasteiger partial charge on any atom is -0.450 e. The number of phosphoric ester groups is 1. The third-order valence-electron chi connectivity index (χ3n) is 4.68. The summed E-state index contributed by atoms with van der Waals surface area (Å²) < 4.78 is 68.8. The maximum Gasteiger partial charge on any atom is 0.490 e. The Morgan fingerprint density at radius 2 is 1.75 bits per heavy atom. The normalized spacial score (nSPS) is 21.5. The molecule has 1 amide bonds. The highest BCUT2D eigenvalue weighted by atomic mass is 33.1. The largest absolute Gasteiger partial charge is 0.490 e. The van der Waals surface area contributed by atoms with Gasteiger partial charge in [-0.2, -0.15) is 14.4 Å². The van der Waals surface area contributed by atoms with Gasteiger partial charge in [0, 0.05) is 17.4 Å². The van der Waals surface area contributed by atoms with Crippen molar-refractivity contribution in [3.05, 3.63) is 0 Å². The van der Waals surface area contributed by atoms with Crippen LogP contribution in [0.25, 0.3) is 0 Å². The number of unbranched alkanes of at least 4 members (excludes halogenated alkanes) is 1. The molecule has 0 saturated carbocycles. The average Bonchev–Trinajstić information content (AvgIpc) is 3.25. The molecule has 1 fully saturated rings. The van der Waals surface area contributed by atoms with Crippen molar-refractivity contribution in [1.82, 2.24) is 5.32 Å². The molecule has 0 aromatic carbocycles. The standard InChI is InChI=1S/C20H39BNO15P3S4/c1-20(2,3)44-43-14-31-10-5-6-11-32-19(23)22-9-7-8-21-18-12-16(33-15-42-41-4)17(35-18)13-34-39(27,28)37-40(29,30)36-38(24,25)26/h16-18,21H,5-6,9-15H2,1-4H3,(H,22,23)(H,27,28)(H,29,30)(H2,24,25,26)/t16-,17+,18+/m0/s1. The summed E-state index contributed by atoms with van der Waals surface area (Å²) >= 11 is 0. The summed E-state index contributed by atoms with van der Waals surface area (Å²) in [5.41, 5.74) is 0. The summed E-state index contributed by atoms with van der Waals surface area (Å²) in [5.74, 6) is 6.50. The highest BCUT2D eigenvalue weighted by molar-refractivity contribution is 8.77. The molecule has 5 N–H and O–H groups in total. The molecule has 0 aromatic rings. The van der Waals surface area contributed by atoms with E-state index >= 15 is 0 Å². The molecule has 0 spiro atoms. The number of phosphoric acid groups is 3. The molecular formula is C20H39BNO15P3S4. The van der Waals surface area contributed by atoms with E-state index in [1.54, 1.807) is 21.6 Å². The molecule has 1 rings (SSSR count). The third kappa shape index (κ3) is 23.0. The van der Waals surface area contributed by atoms with Crippen LogP contribution in [0.15, 0.2) is 0 Å². The minimum atomic E-state index is -5.64. The number of carbonyl (C=O) groups excluding carboxylic acids is 1. The fourth-order valence-electron chi connectivity index (χ4n) is 3.07. The van der Waals surface area contributed by atoms with Gasteiger partial charge < -0.3 is 43.8 Å². The Hall–Kier alpha value is 0.585. The highest BCUT2D eigenvalue weighted by Crippen LogP contribution is 2.66. The Kier molecular flexibility index (Phi) is 20.9. The summed E-state index contributed by atoms with van der Waals surface area (Å²) in [6.45, 7) is 6.65. The number of hydrogen-bond acceptors (Lipinski definition) is 15. The molecule has 0 bridgehead atoms. The molecule has 16 nitrogen and oxygen atoms in total. The van der Waals surface area contributed by atoms with E-state index in [0.29, 0.717) is 25.4 Å². The van der Waals surface area contributed by atoms with Gasteiger partial charge in [0.05, 0.1) is 25.9 Å². The zero-order chi connectivity index (χ0) is 33.3. The first-order valence-corrected chi connectivity index (χ1v) is 22.4. The Labute approximate surface area is 273 Å². The van der Waals surface area contributed by atoms with Gasteiger partial charge in [0.25, 0.3) is 0 Å². The van der Waals surface area contributed by atoms with Gasteiger partial charge in [0.15, 0.2) is 0 Å². The molecular weight excluding hydrogens is 726 g/mol. The van der Waals surface area contributed by atoms with Crippen LogP contribution in [-0.4, -0.2) is 100 Å². The second kappa shape index (κ2) is 21.5. The lowest BCUT2D eigenvalue weighted by atomic mass is 9.71. The van der Waals surface area contributed by atoms with Crippen molar-refractivity contribution in [2.24, 2.45) is 0 Å². The van der Waals surface area contributed by atoms with Gasteiger partial charge in [-0.25, -0.2) is 18.5 Å². The lowest BCUT2D eigenvalue weighted by molar-refractivity contribution is -0.0240. The van der Waals surface area contributed by atoms with E-state index in [1.165, 1.54) is 21.6 Å². The molecule has 24 heteroatoms. The second-order valence-electron chi connectivity index (χ2n) is 9.62. The first kappa shape index (κ1) is 42.6. The fraction of sp³-hybridized carbons (Fsp3) is 0.850. The smallest absolute Gasteiger partial charge is 0.450 e. The average molecular weight is 766 g/mol. The topological polar surface area (TPSA) is 226 Å². The van der Waals surface area contributed by atoms with Crippen LogP contribution in [0, 0.1) is 11.7 Å². The van der Waals surface area contributed by atoms with E-state index in [0.717, 1.165) is 6.42 Å². The lowest BCUT2D eigenvalue weighted by Crippen LogP contribution is -2.29. The summed E-state index contributed by atoms with van der Waals surface area (Å²) in [6, 6.07) is -0.471. The van der Waals surface area contributed by atoms with E-state index in [2.05, 4.69) is 46.4 Å². The Balaban J connectivity index is 2.39. The maximum absolute atomic E-state index is 12.1. The van der Waals surface area contributed by atoms with Gasteiger partial charge >= 0.3 is 29.6 Å². The maximum atomic E-state index is 12.1. The number of rotatable bonds is 21. The van der Waals surface area contributed by atoms with E-state index in [9.17, 15) is 28.3 Å². The number of amides is 1. The van der Waals surface area contributed by atoms with Crippen LogP contribution in [0.4, 0.5) is 4.79 Å². The van der Waals surface area contributed by atoms with Crippen molar-refractivity contribution in [2.45, 2.75) is 63.0 Å². The Morgan fingerprint density at radius 1 is 1.05 bits per heavy atom. The van der Waals surface area contributed by atoms with Gasteiger partial charge in [-0.15, -0.1) is 0 Å². The fourth-order valence-corrected chi connectivity index (χ4v) is 8.88. The van der Waals surface area contributed by atoms with Gasteiger partial charge in [0.1, 0.15) is 18.0 Å². The van der Waals surface area contributed by atoms with Crippen LogP contribution in [-0.2, 0) is 45.8 Å². The molecule has 0 radical (unpaired) electrons. The summed E-state index contributed by atoms with van der Waals surface area (Å²) in [4.78, 5) is 48.1. The number of carbonyl (C=O) groups is 1. The summed E-state index contributed by atoms with van der Waals surface area (Å²) in [7, 11) is -9.96. The molecule has 0 aliphatic carbocycles. The van der Waals surface area contributed by atoms with Crippen molar-refractivity contribution in [1.29, 1.82) is 0 Å². The van der Waals surface area contributed by atoms with Crippen molar-refractivity contribution < 1.29 is 70.2 Å². The lowest BCUT2D eigenvalue weighted by Gasteiger charge is -2.21. The molecule has 1 aliphatic rings. The molecule has 0 aromatic heterocycles. The van der Waals surface area contributed by atoms with Crippen LogP contribution in [0.5, 0.6) is 0 Å². The summed E-state index contributed by atoms with van der Waals surface area (Å²) in [5, 5.41) is 2.52. The predicted octanol–water partition coefficient (Wildman–Crippen LogP) is 3.86. The second-order valence-corrected chi connectivity index (χ2v) is 19.6. The van der Waals surface area contributed by atoms with Crippen LogP contribution in [0.2, 0.25) is 0 Å². The zero-order valence-corrected chi connectivity index (χ0v) is 30.5. The molecule has 2 unspecified atom stereocenters. The van der Waals surface area contributed by atoms with Crippen molar-refractivity contribution in [2.75, 3.05) is 44.5 Å². The number of ether oxygens (including phenoxy) is 4. The van der Waals surface area contributed by atoms with Crippen molar-refractivity contribution in [3.63, 3.8) is 0 Å². The minimum absolute atomic E-state index is 0.0388. The monoisotopic (exact) mass is 765 g/mol. The molecule has 256 valence electrons. The third-order valence-corrected chi connectivity index (χ3v) is 13.0. The van der Waals surface area contributed by atoms with Crippen LogP contribution >= 0.6 is 66.6 Å². The van der Waals surface area contributed by atoms with Crippen LogP contribution in [0.1, 0.15) is 40.0 Å². The van der Waals surface area contributed by atoms with Gasteiger partial charge in [-0.1, -0.05) is 69.9 Å². The van der Waals surface area contributed by atoms with Crippen molar-refractivity contribution >= 4 is 80.0 Å². The first-order valence-electron chi connectivity index (χ1n) is 12.9. The van der Waals surface area contributed by atoms with E-state index in [-0.39, 0.29) is 31.1 Å². The Morgan fingerprint density at radius 3 is 2.41 bits per heavy atom. The van der Waals surface area contributed by atoms with Crippen LogP contribution < -0.4 is 5.32 Å². The van der Waals surface area contributed by atoms with Crippen LogP contribution in [0.3, 0.4) is 0 Å². The predicted molar refractivity (Wildman–Crippen MR) is 173 cm³/mol. The number of alkyl carbamates (subject to hydrolysis) is 1. The zero-order valence-electron chi connectivity index (χ0n) is 24.6. The quantitative estimate of drug-likeness (QED) is 0.0279.